The summed E-state index contributed by atoms with van der Waals surface area (Å²) >= 11 is 0. The second-order valence-corrected chi connectivity index (χ2v) is 4.88. The van der Waals surface area contributed by atoms with Gasteiger partial charge in [-0.1, -0.05) is 24.3 Å². The monoisotopic (exact) mass is 213 g/mol. The molecule has 0 unspecified atom stereocenters. The van der Waals surface area contributed by atoms with Crippen LogP contribution in [-0.2, 0) is 22.3 Å². The molecule has 0 aliphatic heterocycles. The Bertz CT molecular complexity index is 384. The summed E-state index contributed by atoms with van der Waals surface area (Å²) < 4.78 is 24.6. The highest BCUT2D eigenvalue weighted by Crippen LogP contribution is 2.07. The molecule has 2 N–H and O–H groups in total. The Balaban J connectivity index is 2.79. The fraction of sp³-hybridized carbons (Fsp3) is 0.333. The van der Waals surface area contributed by atoms with Gasteiger partial charge in [0, 0.05) is 6.54 Å². The Morgan fingerprint density at radius 2 is 1.71 bits per heavy atom. The molecular weight excluding hydrogens is 200 g/mol. The molecule has 4 nitrogen and oxygen atoms in total. The van der Waals surface area contributed by atoms with Crippen LogP contribution >= 0.6 is 0 Å². The first-order valence-electron chi connectivity index (χ1n) is 4.21. The second kappa shape index (κ2) is 4.54. The summed E-state index contributed by atoms with van der Waals surface area (Å²) in [5.41, 5.74) is 8.72. The van der Waals surface area contributed by atoms with Gasteiger partial charge in [-0.3, -0.25) is 5.73 Å². The first kappa shape index (κ1) is 11.2. The predicted molar refractivity (Wildman–Crippen MR) is 54.9 cm³/mol. The summed E-state index contributed by atoms with van der Waals surface area (Å²) in [6.07, 6.45) is 0. The third-order valence-electron chi connectivity index (χ3n) is 1.89. The van der Waals surface area contributed by atoms with E-state index in [-0.39, 0.29) is 12.3 Å². The Labute approximate surface area is 84.2 Å². The lowest BCUT2D eigenvalue weighted by Crippen LogP contribution is -2.20. The van der Waals surface area contributed by atoms with Gasteiger partial charge in [0.05, 0.1) is 5.75 Å². The minimum absolute atomic E-state index is 0.0121. The van der Waals surface area contributed by atoms with Gasteiger partial charge in [-0.25, -0.2) is 13.1 Å². The highest BCUT2D eigenvalue weighted by atomic mass is 32.2. The van der Waals surface area contributed by atoms with Crippen molar-refractivity contribution in [2.75, 3.05) is 7.05 Å². The van der Waals surface area contributed by atoms with Crippen LogP contribution in [0.25, 0.3) is 0 Å². The molecule has 14 heavy (non-hydrogen) atoms. The minimum Gasteiger partial charge on any atom is -0.253 e. The molecule has 0 heterocycles. The van der Waals surface area contributed by atoms with E-state index in [1.807, 2.05) is 0 Å². The molecule has 1 radical (unpaired) electrons. The number of rotatable bonds is 4. The molecule has 0 aliphatic carbocycles. The summed E-state index contributed by atoms with van der Waals surface area (Å²) in [5, 5.41) is 0. The van der Waals surface area contributed by atoms with Crippen molar-refractivity contribution in [3.63, 3.8) is 0 Å². The number of hydrogen-bond acceptors (Lipinski definition) is 2. The van der Waals surface area contributed by atoms with Crippen molar-refractivity contribution in [1.29, 1.82) is 0 Å². The van der Waals surface area contributed by atoms with Crippen molar-refractivity contribution in [3.8, 4) is 0 Å². The zero-order valence-corrected chi connectivity index (χ0v) is 8.76. The molecule has 0 bridgehead atoms. The normalized spacial score (nSPS) is 11.6. The van der Waals surface area contributed by atoms with E-state index >= 15 is 0 Å². The average molecular weight is 213 g/mol. The fourth-order valence-corrected chi connectivity index (χ4v) is 1.82. The van der Waals surface area contributed by atoms with E-state index in [4.69, 9.17) is 5.73 Å². The van der Waals surface area contributed by atoms with Gasteiger partial charge in [-0.05, 0) is 18.2 Å². The van der Waals surface area contributed by atoms with Crippen LogP contribution in [0.5, 0.6) is 0 Å². The number of nitrogens with one attached hydrogen (secondary N) is 2. The average Bonchev–Trinajstić information content (AvgIpc) is 2.19. The molecule has 0 spiro atoms. The van der Waals surface area contributed by atoms with Crippen molar-refractivity contribution < 1.29 is 8.42 Å². The van der Waals surface area contributed by atoms with E-state index in [1.165, 1.54) is 7.05 Å². The summed E-state index contributed by atoms with van der Waals surface area (Å²) in [6, 6.07) is 7.01. The van der Waals surface area contributed by atoms with E-state index in [1.54, 1.807) is 24.3 Å². The van der Waals surface area contributed by atoms with E-state index in [9.17, 15) is 8.42 Å². The summed E-state index contributed by atoms with van der Waals surface area (Å²) in [7, 11) is -1.79. The maximum atomic E-state index is 11.2. The maximum absolute atomic E-state index is 11.2. The van der Waals surface area contributed by atoms with Crippen LogP contribution < -0.4 is 10.5 Å². The zero-order chi connectivity index (χ0) is 10.6. The molecule has 0 fully saturated rings. The van der Waals surface area contributed by atoms with Gasteiger partial charge in [0.2, 0.25) is 10.0 Å². The second-order valence-electron chi connectivity index (χ2n) is 2.96. The van der Waals surface area contributed by atoms with Crippen LogP contribution in [-0.4, -0.2) is 15.5 Å². The van der Waals surface area contributed by atoms with Crippen molar-refractivity contribution in [1.82, 2.24) is 10.5 Å². The lowest BCUT2D eigenvalue weighted by molar-refractivity contribution is 0.587. The van der Waals surface area contributed by atoms with Gasteiger partial charge in [-0.15, -0.1) is 0 Å². The Hall–Kier alpha value is -0.910. The first-order valence-corrected chi connectivity index (χ1v) is 5.86. The van der Waals surface area contributed by atoms with E-state index in [0.29, 0.717) is 0 Å². The van der Waals surface area contributed by atoms with Gasteiger partial charge in [-0.2, -0.15) is 0 Å². The molecule has 0 saturated heterocycles. The van der Waals surface area contributed by atoms with Crippen molar-refractivity contribution in [2.24, 2.45) is 0 Å². The van der Waals surface area contributed by atoms with E-state index < -0.39 is 10.0 Å². The molecule has 0 aliphatic rings. The van der Waals surface area contributed by atoms with E-state index in [0.717, 1.165) is 11.1 Å². The number of sulfonamides is 1. The highest BCUT2D eigenvalue weighted by Gasteiger charge is 2.07. The zero-order valence-electron chi connectivity index (χ0n) is 7.95. The molecule has 0 amide bonds. The highest BCUT2D eigenvalue weighted by molar-refractivity contribution is 7.88. The topological polar surface area (TPSA) is 70.0 Å². The Kier molecular flexibility index (Phi) is 3.62. The molecule has 1 aromatic rings. The lowest BCUT2D eigenvalue weighted by atomic mass is 10.1. The lowest BCUT2D eigenvalue weighted by Gasteiger charge is -2.03. The molecule has 1 aromatic carbocycles. The van der Waals surface area contributed by atoms with Gasteiger partial charge >= 0.3 is 0 Å². The maximum Gasteiger partial charge on any atom is 0.215 e. The Morgan fingerprint density at radius 1 is 1.21 bits per heavy atom. The third-order valence-corrected chi connectivity index (χ3v) is 3.23. The third kappa shape index (κ3) is 3.10. The minimum atomic E-state index is -3.19. The van der Waals surface area contributed by atoms with Crippen molar-refractivity contribution in [3.05, 3.63) is 35.4 Å². The molecule has 5 heteroatoms. The molecule has 0 atom stereocenters. The molecular formula is C9H13N2O2S. The summed E-state index contributed by atoms with van der Waals surface area (Å²) in [5.74, 6) is -0.0121. The standard InChI is InChI=1S/C9H13N2O2S/c1-11-14(12,13)7-9-4-2-8(6-10)3-5-9/h2-5,10-11H,6-7H2,1H3. The molecule has 1 rings (SSSR count). The SMILES string of the molecule is CNS(=O)(=O)Cc1ccc(C[NH])cc1. The van der Waals surface area contributed by atoms with Crippen molar-refractivity contribution >= 4 is 10.0 Å². The van der Waals surface area contributed by atoms with Crippen LogP contribution in [0.4, 0.5) is 0 Å². The summed E-state index contributed by atoms with van der Waals surface area (Å²) in [4.78, 5) is 0. The van der Waals surface area contributed by atoms with Crippen LogP contribution in [0.15, 0.2) is 24.3 Å². The van der Waals surface area contributed by atoms with Crippen LogP contribution in [0, 0.1) is 0 Å². The van der Waals surface area contributed by atoms with Crippen LogP contribution in [0.2, 0.25) is 0 Å². The van der Waals surface area contributed by atoms with E-state index in [2.05, 4.69) is 4.72 Å². The quantitative estimate of drug-likeness (QED) is 0.792. The van der Waals surface area contributed by atoms with Crippen LogP contribution in [0.3, 0.4) is 0 Å². The fourth-order valence-electron chi connectivity index (χ4n) is 1.04. The van der Waals surface area contributed by atoms with Gasteiger partial charge in [0.15, 0.2) is 0 Å². The predicted octanol–water partition coefficient (Wildman–Crippen LogP) is 0.519. The molecule has 0 aromatic heterocycles. The molecule has 77 valence electrons. The number of benzene rings is 1. The van der Waals surface area contributed by atoms with Gasteiger partial charge in [0.25, 0.3) is 0 Å². The van der Waals surface area contributed by atoms with Gasteiger partial charge in [0.1, 0.15) is 0 Å². The first-order chi connectivity index (χ1) is 6.57. The largest absolute Gasteiger partial charge is 0.253 e. The summed E-state index contributed by atoms with van der Waals surface area (Å²) in [6.45, 7) is 0.221. The van der Waals surface area contributed by atoms with Crippen molar-refractivity contribution in [2.45, 2.75) is 12.3 Å². The molecule has 0 saturated carbocycles. The van der Waals surface area contributed by atoms with Crippen LogP contribution in [0.1, 0.15) is 11.1 Å². The Morgan fingerprint density at radius 3 is 2.14 bits per heavy atom. The number of hydrogen-bond donors (Lipinski definition) is 1. The smallest absolute Gasteiger partial charge is 0.215 e. The van der Waals surface area contributed by atoms with Gasteiger partial charge < -0.3 is 0 Å².